The van der Waals surface area contributed by atoms with Crippen molar-refractivity contribution in [2.45, 2.75) is 32.4 Å². The number of aromatic amines is 1. The number of methoxy groups -OCH3 is 1. The molecule has 2 aromatic heterocycles. The van der Waals surface area contributed by atoms with Gasteiger partial charge in [-0.25, -0.2) is 9.97 Å². The van der Waals surface area contributed by atoms with E-state index < -0.39 is 0 Å². The third-order valence-corrected chi connectivity index (χ3v) is 5.42. The Bertz CT molecular complexity index is 1080. The molecule has 9 heteroatoms. The van der Waals surface area contributed by atoms with E-state index in [1.165, 1.54) is 6.20 Å². The van der Waals surface area contributed by atoms with Gasteiger partial charge in [-0.2, -0.15) is 5.10 Å². The number of para-hydroxylation sites is 1. The molecule has 0 aliphatic carbocycles. The van der Waals surface area contributed by atoms with Crippen molar-refractivity contribution < 1.29 is 14.3 Å². The molecule has 2 N–H and O–H groups in total. The Morgan fingerprint density at radius 2 is 2.13 bits per heavy atom. The Balaban J connectivity index is 1.47. The first kappa shape index (κ1) is 20.5. The van der Waals surface area contributed by atoms with E-state index in [-0.39, 0.29) is 17.9 Å². The first-order valence-corrected chi connectivity index (χ1v) is 10.1. The number of carbonyl (C=O) groups excluding carboxylic acids is 2. The predicted octanol–water partition coefficient (Wildman–Crippen LogP) is 2.42. The lowest BCUT2D eigenvalue weighted by Gasteiger charge is -2.23. The van der Waals surface area contributed by atoms with E-state index in [2.05, 4.69) is 25.5 Å². The highest BCUT2D eigenvalue weighted by Crippen LogP contribution is 2.31. The summed E-state index contributed by atoms with van der Waals surface area (Å²) in [6, 6.07) is 8.95. The molecule has 4 rings (SSSR count). The number of likely N-dealkylation sites (tertiary alicyclic amines) is 1. The fourth-order valence-electron chi connectivity index (χ4n) is 3.80. The molecule has 0 radical (unpaired) electrons. The van der Waals surface area contributed by atoms with Gasteiger partial charge in [0.15, 0.2) is 5.82 Å². The van der Waals surface area contributed by atoms with Crippen LogP contribution in [-0.2, 0) is 6.54 Å². The summed E-state index contributed by atoms with van der Waals surface area (Å²) in [6.45, 7) is 2.74. The number of amides is 2. The molecule has 1 fully saturated rings. The predicted molar refractivity (Wildman–Crippen MR) is 113 cm³/mol. The van der Waals surface area contributed by atoms with Crippen LogP contribution in [0.2, 0.25) is 0 Å². The lowest BCUT2D eigenvalue weighted by atomic mass is 10.1. The van der Waals surface area contributed by atoms with Crippen LogP contribution < -0.4 is 10.1 Å². The van der Waals surface area contributed by atoms with Gasteiger partial charge in [-0.3, -0.25) is 14.7 Å². The Kier molecular flexibility index (Phi) is 5.92. The minimum atomic E-state index is -0.258. The zero-order chi connectivity index (χ0) is 21.8. The SMILES string of the molecule is COc1ccccc1CNC(=O)c1cnc([C@@H]2CCCN2C(=O)c2ccn[nH]2)nc1C. The Hall–Kier alpha value is -3.75. The summed E-state index contributed by atoms with van der Waals surface area (Å²) in [6.07, 6.45) is 4.73. The minimum absolute atomic E-state index is 0.125. The number of hydrogen-bond acceptors (Lipinski definition) is 6. The highest BCUT2D eigenvalue weighted by Gasteiger charge is 2.33. The molecule has 160 valence electrons. The summed E-state index contributed by atoms with van der Waals surface area (Å²) >= 11 is 0. The fraction of sp³-hybridized carbons (Fsp3) is 0.318. The quantitative estimate of drug-likeness (QED) is 0.633. The monoisotopic (exact) mass is 420 g/mol. The van der Waals surface area contributed by atoms with Crippen molar-refractivity contribution in [3.63, 3.8) is 0 Å². The van der Waals surface area contributed by atoms with Crippen molar-refractivity contribution in [2.75, 3.05) is 13.7 Å². The van der Waals surface area contributed by atoms with E-state index >= 15 is 0 Å². The molecule has 3 aromatic rings. The van der Waals surface area contributed by atoms with Gasteiger partial charge in [0.25, 0.3) is 11.8 Å². The van der Waals surface area contributed by atoms with Gasteiger partial charge in [-0.15, -0.1) is 0 Å². The number of nitrogens with zero attached hydrogens (tertiary/aromatic N) is 4. The number of rotatable bonds is 6. The lowest BCUT2D eigenvalue weighted by molar-refractivity contribution is 0.0723. The Morgan fingerprint density at radius 3 is 2.87 bits per heavy atom. The average molecular weight is 420 g/mol. The lowest BCUT2D eigenvalue weighted by Crippen LogP contribution is -2.32. The van der Waals surface area contributed by atoms with Crippen molar-refractivity contribution in [2.24, 2.45) is 0 Å². The molecular weight excluding hydrogens is 396 g/mol. The fourth-order valence-corrected chi connectivity index (χ4v) is 3.80. The summed E-state index contributed by atoms with van der Waals surface area (Å²) in [5.41, 5.74) is 2.30. The van der Waals surface area contributed by atoms with Gasteiger partial charge in [-0.1, -0.05) is 18.2 Å². The molecular formula is C22H24N6O3. The maximum atomic E-state index is 12.7. The van der Waals surface area contributed by atoms with E-state index in [1.54, 1.807) is 31.2 Å². The maximum Gasteiger partial charge on any atom is 0.272 e. The number of benzene rings is 1. The van der Waals surface area contributed by atoms with Crippen LogP contribution >= 0.6 is 0 Å². The van der Waals surface area contributed by atoms with E-state index in [9.17, 15) is 9.59 Å². The minimum Gasteiger partial charge on any atom is -0.496 e. The molecule has 0 spiro atoms. The number of ether oxygens (including phenoxy) is 1. The number of carbonyl (C=O) groups is 2. The molecule has 2 amide bonds. The molecule has 3 heterocycles. The van der Waals surface area contributed by atoms with E-state index in [4.69, 9.17) is 4.74 Å². The number of nitrogens with one attached hydrogen (secondary N) is 2. The molecule has 1 aliphatic rings. The van der Waals surface area contributed by atoms with Crippen molar-refractivity contribution in [1.82, 2.24) is 30.4 Å². The first-order chi connectivity index (χ1) is 15.1. The average Bonchev–Trinajstić information content (AvgIpc) is 3.49. The van der Waals surface area contributed by atoms with E-state index in [0.717, 1.165) is 24.2 Å². The van der Waals surface area contributed by atoms with Crippen LogP contribution in [0.3, 0.4) is 0 Å². The normalized spacial score (nSPS) is 15.7. The smallest absolute Gasteiger partial charge is 0.272 e. The van der Waals surface area contributed by atoms with Gasteiger partial charge in [-0.05, 0) is 31.9 Å². The molecule has 0 bridgehead atoms. The maximum absolute atomic E-state index is 12.7. The second kappa shape index (κ2) is 8.95. The topological polar surface area (TPSA) is 113 Å². The van der Waals surface area contributed by atoms with Crippen molar-refractivity contribution in [3.8, 4) is 5.75 Å². The summed E-state index contributed by atoms with van der Waals surface area (Å²) < 4.78 is 5.32. The molecule has 1 aliphatic heterocycles. The van der Waals surface area contributed by atoms with Gasteiger partial charge in [0.1, 0.15) is 11.4 Å². The number of aryl methyl sites for hydroxylation is 1. The van der Waals surface area contributed by atoms with Gasteiger partial charge in [0.05, 0.1) is 24.4 Å². The molecule has 0 saturated carbocycles. The van der Waals surface area contributed by atoms with Crippen LogP contribution in [-0.4, -0.2) is 50.5 Å². The van der Waals surface area contributed by atoms with E-state index in [0.29, 0.717) is 35.9 Å². The van der Waals surface area contributed by atoms with Crippen LogP contribution in [0.25, 0.3) is 0 Å². The summed E-state index contributed by atoms with van der Waals surface area (Å²) in [5.74, 6) is 0.880. The van der Waals surface area contributed by atoms with Gasteiger partial charge >= 0.3 is 0 Å². The van der Waals surface area contributed by atoms with Crippen molar-refractivity contribution >= 4 is 11.8 Å². The third-order valence-electron chi connectivity index (χ3n) is 5.42. The second-order valence-corrected chi connectivity index (χ2v) is 7.35. The van der Waals surface area contributed by atoms with Gasteiger partial charge in [0.2, 0.25) is 0 Å². The molecule has 9 nitrogen and oxygen atoms in total. The third kappa shape index (κ3) is 4.25. The molecule has 1 saturated heterocycles. The molecule has 0 unspecified atom stereocenters. The second-order valence-electron chi connectivity index (χ2n) is 7.35. The van der Waals surface area contributed by atoms with E-state index in [1.807, 2.05) is 24.3 Å². The van der Waals surface area contributed by atoms with Crippen molar-refractivity contribution in [3.05, 3.63) is 71.1 Å². The Labute approximate surface area is 179 Å². The number of H-pyrrole nitrogens is 1. The number of aromatic nitrogens is 4. The largest absolute Gasteiger partial charge is 0.496 e. The summed E-state index contributed by atoms with van der Waals surface area (Å²) in [4.78, 5) is 36.2. The standard InChI is InChI=1S/C22H24N6O3/c1-14-16(21(29)24-12-15-6-3-4-8-19(15)31-2)13-23-20(26-14)18-7-5-11-28(18)22(30)17-9-10-25-27-17/h3-4,6,8-10,13,18H,5,7,11-12H2,1-2H3,(H,24,29)(H,25,27)/t18-/m0/s1. The highest BCUT2D eigenvalue weighted by atomic mass is 16.5. The molecule has 1 aromatic carbocycles. The van der Waals surface area contributed by atoms with Gasteiger partial charge in [0, 0.05) is 31.0 Å². The first-order valence-electron chi connectivity index (χ1n) is 10.1. The molecule has 31 heavy (non-hydrogen) atoms. The Morgan fingerprint density at radius 1 is 1.29 bits per heavy atom. The van der Waals surface area contributed by atoms with Crippen LogP contribution in [0.15, 0.2) is 42.7 Å². The van der Waals surface area contributed by atoms with Crippen LogP contribution in [0.5, 0.6) is 5.75 Å². The van der Waals surface area contributed by atoms with Gasteiger partial charge < -0.3 is 15.0 Å². The van der Waals surface area contributed by atoms with Crippen molar-refractivity contribution in [1.29, 1.82) is 0 Å². The summed E-state index contributed by atoms with van der Waals surface area (Å²) in [7, 11) is 1.60. The highest BCUT2D eigenvalue weighted by molar-refractivity contribution is 5.95. The number of hydrogen-bond donors (Lipinski definition) is 2. The van der Waals surface area contributed by atoms with Crippen LogP contribution in [0, 0.1) is 6.92 Å². The van der Waals surface area contributed by atoms with Crippen LogP contribution in [0.1, 0.15) is 56.8 Å². The zero-order valence-corrected chi connectivity index (χ0v) is 17.5. The van der Waals surface area contributed by atoms with Crippen LogP contribution in [0.4, 0.5) is 0 Å². The molecule has 1 atom stereocenters. The summed E-state index contributed by atoms with van der Waals surface area (Å²) in [5, 5.41) is 9.46. The zero-order valence-electron chi connectivity index (χ0n) is 17.5.